The first-order valence-electron chi connectivity index (χ1n) is 9.29. The molecule has 1 aromatic heterocycles. The molecule has 3 rings (SSSR count). The zero-order valence-electron chi connectivity index (χ0n) is 16.8. The number of nitro benzene ring substituents is 1. The third kappa shape index (κ3) is 5.15. The van der Waals surface area contributed by atoms with Crippen LogP contribution in [0.5, 0.6) is 5.75 Å². The number of benzene rings is 2. The van der Waals surface area contributed by atoms with Gasteiger partial charge in [0.2, 0.25) is 5.91 Å². The fourth-order valence-electron chi connectivity index (χ4n) is 2.92. The number of hydrogen-bond acceptors (Lipinski definition) is 7. The first-order chi connectivity index (χ1) is 14.8. The maximum atomic E-state index is 12.9. The molecule has 0 aliphatic rings. The number of nitro groups is 1. The van der Waals surface area contributed by atoms with Gasteiger partial charge in [-0.05, 0) is 30.7 Å². The van der Waals surface area contributed by atoms with E-state index in [1.807, 2.05) is 6.92 Å². The fourth-order valence-corrected chi connectivity index (χ4v) is 3.91. The van der Waals surface area contributed by atoms with Gasteiger partial charge in [0.15, 0.2) is 5.16 Å². The van der Waals surface area contributed by atoms with Crippen LogP contribution < -0.4 is 15.6 Å². The van der Waals surface area contributed by atoms with Gasteiger partial charge in [0.1, 0.15) is 5.75 Å². The van der Waals surface area contributed by atoms with E-state index >= 15 is 0 Å². The van der Waals surface area contributed by atoms with E-state index in [9.17, 15) is 19.7 Å². The number of rotatable bonds is 8. The first kappa shape index (κ1) is 22.6. The SMILES string of the molecule is CCCn1c(SCC(=O)Nc2ccc([N+](=O)[O-])cc2OC)nc2cc(Cl)ccc2c1=O. The Labute approximate surface area is 186 Å². The van der Waals surface area contributed by atoms with E-state index in [1.165, 1.54) is 25.3 Å². The lowest BCUT2D eigenvalue weighted by Gasteiger charge is -2.13. The Bertz CT molecular complexity index is 1210. The third-order valence-corrected chi connectivity index (χ3v) is 5.54. The molecule has 1 amide bonds. The van der Waals surface area contributed by atoms with Gasteiger partial charge in [-0.25, -0.2) is 4.98 Å². The Morgan fingerprint density at radius 1 is 1.32 bits per heavy atom. The molecule has 1 N–H and O–H groups in total. The van der Waals surface area contributed by atoms with Crippen molar-refractivity contribution >= 4 is 51.5 Å². The molecule has 31 heavy (non-hydrogen) atoms. The highest BCUT2D eigenvalue weighted by Gasteiger charge is 2.16. The summed E-state index contributed by atoms with van der Waals surface area (Å²) in [6.45, 7) is 2.41. The van der Waals surface area contributed by atoms with E-state index < -0.39 is 4.92 Å². The smallest absolute Gasteiger partial charge is 0.273 e. The molecule has 2 aromatic carbocycles. The normalized spacial score (nSPS) is 10.8. The molecule has 0 spiro atoms. The second-order valence-electron chi connectivity index (χ2n) is 6.49. The van der Waals surface area contributed by atoms with Crippen LogP contribution in [0.25, 0.3) is 10.9 Å². The molecule has 3 aromatic rings. The summed E-state index contributed by atoms with van der Waals surface area (Å²) in [6.07, 6.45) is 0.723. The number of anilines is 1. The van der Waals surface area contributed by atoms with Gasteiger partial charge in [-0.15, -0.1) is 0 Å². The Morgan fingerprint density at radius 2 is 2.10 bits per heavy atom. The number of nitrogens with one attached hydrogen (secondary N) is 1. The molecule has 0 unspecified atom stereocenters. The number of nitrogens with zero attached hydrogens (tertiary/aromatic N) is 3. The lowest BCUT2D eigenvalue weighted by Crippen LogP contribution is -2.24. The lowest BCUT2D eigenvalue weighted by atomic mass is 10.2. The van der Waals surface area contributed by atoms with Crippen LogP contribution in [-0.4, -0.2) is 33.2 Å². The maximum Gasteiger partial charge on any atom is 0.273 e. The Morgan fingerprint density at radius 3 is 2.77 bits per heavy atom. The second kappa shape index (κ2) is 9.80. The summed E-state index contributed by atoms with van der Waals surface area (Å²) in [7, 11) is 1.36. The van der Waals surface area contributed by atoms with Crippen molar-refractivity contribution in [2.24, 2.45) is 0 Å². The number of thioether (sulfide) groups is 1. The van der Waals surface area contributed by atoms with Crippen LogP contribution >= 0.6 is 23.4 Å². The van der Waals surface area contributed by atoms with Crippen LogP contribution in [0.1, 0.15) is 13.3 Å². The molecular formula is C20H19ClN4O5S. The Kier molecular flexibility index (Phi) is 7.13. The molecule has 0 saturated heterocycles. The predicted molar refractivity (Wildman–Crippen MR) is 120 cm³/mol. The standard InChI is InChI=1S/C20H19ClN4O5S/c1-3-8-24-19(27)14-6-4-12(21)9-16(14)23-20(24)31-11-18(26)22-15-7-5-13(25(28)29)10-17(15)30-2/h4-7,9-10H,3,8,11H2,1-2H3,(H,22,26). The number of methoxy groups -OCH3 is 1. The number of hydrogen-bond donors (Lipinski definition) is 1. The lowest BCUT2D eigenvalue weighted by molar-refractivity contribution is -0.384. The van der Waals surface area contributed by atoms with Gasteiger partial charge in [0.05, 0.1) is 40.4 Å². The summed E-state index contributed by atoms with van der Waals surface area (Å²) in [5.41, 5.74) is 0.433. The largest absolute Gasteiger partial charge is 0.494 e. The quantitative estimate of drug-likeness (QED) is 0.232. The van der Waals surface area contributed by atoms with Crippen LogP contribution in [0.15, 0.2) is 46.3 Å². The molecule has 11 heteroatoms. The van der Waals surface area contributed by atoms with Crippen molar-refractivity contribution < 1.29 is 14.5 Å². The van der Waals surface area contributed by atoms with Crippen LogP contribution in [-0.2, 0) is 11.3 Å². The number of aromatic nitrogens is 2. The van der Waals surface area contributed by atoms with Gasteiger partial charge in [0, 0.05) is 17.6 Å². The average Bonchev–Trinajstić information content (AvgIpc) is 2.74. The fraction of sp³-hybridized carbons (Fsp3) is 0.250. The number of carbonyl (C=O) groups is 1. The minimum Gasteiger partial charge on any atom is -0.494 e. The van der Waals surface area contributed by atoms with Gasteiger partial charge in [-0.1, -0.05) is 30.3 Å². The molecule has 0 fully saturated rings. The Hall–Kier alpha value is -3.11. The van der Waals surface area contributed by atoms with E-state index in [2.05, 4.69) is 10.3 Å². The average molecular weight is 463 g/mol. The number of ether oxygens (including phenoxy) is 1. The van der Waals surface area contributed by atoms with Gasteiger partial charge in [-0.2, -0.15) is 0 Å². The first-order valence-corrected chi connectivity index (χ1v) is 10.7. The monoisotopic (exact) mass is 462 g/mol. The second-order valence-corrected chi connectivity index (χ2v) is 7.87. The van der Waals surface area contributed by atoms with Crippen molar-refractivity contribution in [3.8, 4) is 5.75 Å². The van der Waals surface area contributed by atoms with Crippen molar-refractivity contribution in [1.82, 2.24) is 9.55 Å². The Balaban J connectivity index is 1.82. The predicted octanol–water partition coefficient (Wildman–Crippen LogP) is 4.11. The van der Waals surface area contributed by atoms with E-state index in [4.69, 9.17) is 16.3 Å². The van der Waals surface area contributed by atoms with Crippen LogP contribution in [0.2, 0.25) is 5.02 Å². The molecule has 0 atom stereocenters. The van der Waals surface area contributed by atoms with Crippen LogP contribution in [0.3, 0.4) is 0 Å². The molecule has 0 radical (unpaired) electrons. The van der Waals surface area contributed by atoms with Crippen LogP contribution in [0.4, 0.5) is 11.4 Å². The van der Waals surface area contributed by atoms with Crippen molar-refractivity contribution in [1.29, 1.82) is 0 Å². The van der Waals surface area contributed by atoms with Gasteiger partial charge in [0.25, 0.3) is 11.2 Å². The summed E-state index contributed by atoms with van der Waals surface area (Å²) in [5, 5.41) is 14.9. The number of amides is 1. The molecule has 0 bridgehead atoms. The van der Waals surface area contributed by atoms with Crippen LogP contribution in [0, 0.1) is 10.1 Å². The molecule has 0 aliphatic carbocycles. The summed E-state index contributed by atoms with van der Waals surface area (Å²) in [6, 6.07) is 8.81. The van der Waals surface area contributed by atoms with Crippen molar-refractivity contribution in [3.63, 3.8) is 0 Å². The molecule has 1 heterocycles. The molecule has 0 saturated carbocycles. The number of non-ortho nitro benzene ring substituents is 1. The van der Waals surface area contributed by atoms with E-state index in [0.29, 0.717) is 33.3 Å². The minimum atomic E-state index is -0.547. The number of halogens is 1. The summed E-state index contributed by atoms with van der Waals surface area (Å²) in [4.78, 5) is 40.2. The highest BCUT2D eigenvalue weighted by molar-refractivity contribution is 7.99. The summed E-state index contributed by atoms with van der Waals surface area (Å²) < 4.78 is 6.67. The van der Waals surface area contributed by atoms with E-state index in [1.54, 1.807) is 22.8 Å². The van der Waals surface area contributed by atoms with E-state index in [-0.39, 0.29) is 28.7 Å². The van der Waals surface area contributed by atoms with Crippen molar-refractivity contribution in [2.45, 2.75) is 25.0 Å². The molecule has 9 nitrogen and oxygen atoms in total. The highest BCUT2D eigenvalue weighted by atomic mass is 35.5. The van der Waals surface area contributed by atoms with Crippen molar-refractivity contribution in [2.75, 3.05) is 18.2 Å². The van der Waals surface area contributed by atoms with Gasteiger partial charge in [-0.3, -0.25) is 24.3 Å². The minimum absolute atomic E-state index is 0.0254. The molecule has 162 valence electrons. The maximum absolute atomic E-state index is 12.9. The third-order valence-electron chi connectivity index (χ3n) is 4.33. The van der Waals surface area contributed by atoms with Gasteiger partial charge < -0.3 is 10.1 Å². The van der Waals surface area contributed by atoms with Crippen molar-refractivity contribution in [3.05, 3.63) is 61.9 Å². The van der Waals surface area contributed by atoms with E-state index in [0.717, 1.165) is 18.2 Å². The number of fused-ring (bicyclic) bond motifs is 1. The highest BCUT2D eigenvalue weighted by Crippen LogP contribution is 2.29. The van der Waals surface area contributed by atoms with Gasteiger partial charge >= 0.3 is 0 Å². The summed E-state index contributed by atoms with van der Waals surface area (Å²) >= 11 is 7.15. The topological polar surface area (TPSA) is 116 Å². The molecule has 0 aliphatic heterocycles. The molecular weight excluding hydrogens is 444 g/mol. The summed E-state index contributed by atoms with van der Waals surface area (Å²) in [5.74, 6) is -0.225. The zero-order valence-corrected chi connectivity index (χ0v) is 18.3. The zero-order chi connectivity index (χ0) is 22.5. The number of carbonyl (C=O) groups excluding carboxylic acids is 1.